The largest absolute Gasteiger partial charge is 0.478 e. The normalized spacial score (nSPS) is 15.1. The minimum absolute atomic E-state index is 0.164. The van der Waals surface area contributed by atoms with Gasteiger partial charge in [0.05, 0.1) is 10.6 Å². The van der Waals surface area contributed by atoms with E-state index in [4.69, 9.17) is 9.52 Å². The number of rotatable bonds is 4. The monoisotopic (exact) mass is 249 g/mol. The molecule has 1 aliphatic rings. The summed E-state index contributed by atoms with van der Waals surface area (Å²) in [4.78, 5) is 15.2. The molecule has 0 radical (unpaired) electrons. The number of carboxylic acids is 1. The van der Waals surface area contributed by atoms with E-state index in [9.17, 15) is 4.79 Å². The number of thiazole rings is 1. The summed E-state index contributed by atoms with van der Waals surface area (Å²) in [6.45, 7) is 0. The lowest BCUT2D eigenvalue weighted by molar-refractivity contribution is 0.0696. The van der Waals surface area contributed by atoms with Gasteiger partial charge in [-0.25, -0.2) is 9.78 Å². The second-order valence-corrected chi connectivity index (χ2v) is 5.22. The highest BCUT2D eigenvalue weighted by Crippen LogP contribution is 2.34. The highest BCUT2D eigenvalue weighted by atomic mass is 32.1. The van der Waals surface area contributed by atoms with E-state index in [1.54, 1.807) is 11.3 Å². The molecule has 0 aliphatic heterocycles. The van der Waals surface area contributed by atoms with Gasteiger partial charge in [0.15, 0.2) is 5.76 Å². The molecule has 0 spiro atoms. The van der Waals surface area contributed by atoms with E-state index in [1.165, 1.54) is 25.2 Å². The number of carboxylic acid groups (broad SMARTS) is 1. The van der Waals surface area contributed by atoms with E-state index >= 15 is 0 Å². The molecule has 1 N–H and O–H groups in total. The third-order valence-corrected chi connectivity index (χ3v) is 3.68. The standard InChI is InChI=1S/C12H11NO3S/c14-12(15)8-4-10(16-5-8)9-6-17-11(13-9)3-7-1-2-7/h4-7H,1-3H2,(H,14,15). The molecule has 5 heteroatoms. The van der Waals surface area contributed by atoms with Crippen LogP contribution in [0.15, 0.2) is 22.1 Å². The van der Waals surface area contributed by atoms with Gasteiger partial charge in [0, 0.05) is 17.9 Å². The molecule has 2 heterocycles. The Hall–Kier alpha value is -1.62. The molecule has 0 atom stereocenters. The van der Waals surface area contributed by atoms with Gasteiger partial charge in [0.25, 0.3) is 0 Å². The average Bonchev–Trinajstić information content (AvgIpc) is 2.82. The van der Waals surface area contributed by atoms with Gasteiger partial charge in [-0.3, -0.25) is 0 Å². The number of aromatic carboxylic acids is 1. The molecule has 0 saturated heterocycles. The Morgan fingerprint density at radius 2 is 2.41 bits per heavy atom. The fourth-order valence-electron chi connectivity index (χ4n) is 1.67. The van der Waals surface area contributed by atoms with Crippen molar-refractivity contribution in [2.75, 3.05) is 0 Å². The average molecular weight is 249 g/mol. The van der Waals surface area contributed by atoms with E-state index in [2.05, 4.69) is 4.98 Å². The molecule has 17 heavy (non-hydrogen) atoms. The topological polar surface area (TPSA) is 63.3 Å². The van der Waals surface area contributed by atoms with E-state index in [0.29, 0.717) is 5.76 Å². The zero-order valence-electron chi connectivity index (χ0n) is 9.05. The third kappa shape index (κ3) is 2.24. The van der Waals surface area contributed by atoms with Gasteiger partial charge >= 0.3 is 5.97 Å². The molecule has 2 aromatic rings. The first-order chi connectivity index (χ1) is 8.22. The highest BCUT2D eigenvalue weighted by Gasteiger charge is 2.23. The number of nitrogens with zero attached hydrogens (tertiary/aromatic N) is 1. The Kier molecular flexibility index (Phi) is 2.48. The first kappa shape index (κ1) is 10.5. The van der Waals surface area contributed by atoms with Crippen molar-refractivity contribution in [1.29, 1.82) is 0 Å². The van der Waals surface area contributed by atoms with E-state index in [-0.39, 0.29) is 5.56 Å². The van der Waals surface area contributed by atoms with Crippen LogP contribution in [0.4, 0.5) is 0 Å². The number of aromatic nitrogens is 1. The molecular weight excluding hydrogens is 238 g/mol. The van der Waals surface area contributed by atoms with Gasteiger partial charge in [0.1, 0.15) is 12.0 Å². The number of furan rings is 1. The molecule has 3 rings (SSSR count). The summed E-state index contributed by atoms with van der Waals surface area (Å²) in [5.74, 6) is 0.356. The molecule has 1 saturated carbocycles. The minimum Gasteiger partial charge on any atom is -0.478 e. The van der Waals surface area contributed by atoms with Gasteiger partial charge in [-0.05, 0) is 18.8 Å². The summed E-state index contributed by atoms with van der Waals surface area (Å²) in [7, 11) is 0. The Labute approximate surface area is 102 Å². The van der Waals surface area contributed by atoms with Crippen LogP contribution in [0.2, 0.25) is 0 Å². The fourth-order valence-corrected chi connectivity index (χ4v) is 2.57. The maximum absolute atomic E-state index is 10.7. The summed E-state index contributed by atoms with van der Waals surface area (Å²) in [6.07, 6.45) is 4.90. The van der Waals surface area contributed by atoms with E-state index in [0.717, 1.165) is 23.0 Å². The predicted octanol–water partition coefficient (Wildman–Crippen LogP) is 3.05. The fraction of sp³-hybridized carbons (Fsp3) is 0.333. The first-order valence-corrected chi connectivity index (χ1v) is 6.37. The van der Waals surface area contributed by atoms with Crippen LogP contribution in [0.25, 0.3) is 11.5 Å². The van der Waals surface area contributed by atoms with Crippen molar-refractivity contribution in [1.82, 2.24) is 4.98 Å². The van der Waals surface area contributed by atoms with Crippen LogP contribution >= 0.6 is 11.3 Å². The predicted molar refractivity (Wildman–Crippen MR) is 63.2 cm³/mol. The molecule has 1 fully saturated rings. The third-order valence-electron chi connectivity index (χ3n) is 2.81. The van der Waals surface area contributed by atoms with E-state index in [1.807, 2.05) is 5.38 Å². The van der Waals surface area contributed by atoms with Crippen molar-refractivity contribution in [3.63, 3.8) is 0 Å². The van der Waals surface area contributed by atoms with Crippen LogP contribution in [0.3, 0.4) is 0 Å². The molecule has 0 aromatic carbocycles. The van der Waals surface area contributed by atoms with Crippen molar-refractivity contribution in [2.45, 2.75) is 19.3 Å². The smallest absolute Gasteiger partial charge is 0.338 e. The van der Waals surface area contributed by atoms with Crippen LogP contribution in [-0.2, 0) is 6.42 Å². The maximum Gasteiger partial charge on any atom is 0.338 e. The summed E-state index contributed by atoms with van der Waals surface area (Å²) in [6, 6.07) is 1.51. The molecule has 2 aromatic heterocycles. The quantitative estimate of drug-likeness (QED) is 0.904. The van der Waals surface area contributed by atoms with Crippen LogP contribution in [-0.4, -0.2) is 16.1 Å². The molecule has 0 amide bonds. The van der Waals surface area contributed by atoms with Gasteiger partial charge in [-0.15, -0.1) is 11.3 Å². The summed E-state index contributed by atoms with van der Waals surface area (Å²) in [5, 5.41) is 11.8. The first-order valence-electron chi connectivity index (χ1n) is 5.49. The molecule has 0 unspecified atom stereocenters. The highest BCUT2D eigenvalue weighted by molar-refractivity contribution is 7.09. The van der Waals surface area contributed by atoms with Crippen molar-refractivity contribution >= 4 is 17.3 Å². The molecule has 0 bridgehead atoms. The van der Waals surface area contributed by atoms with Crippen molar-refractivity contribution < 1.29 is 14.3 Å². The minimum atomic E-state index is -0.978. The van der Waals surface area contributed by atoms with E-state index < -0.39 is 5.97 Å². The molecule has 88 valence electrons. The van der Waals surface area contributed by atoms with Gasteiger partial charge in [-0.1, -0.05) is 0 Å². The Balaban J connectivity index is 1.81. The van der Waals surface area contributed by atoms with Gasteiger partial charge < -0.3 is 9.52 Å². The Morgan fingerprint density at radius 3 is 3.06 bits per heavy atom. The van der Waals surface area contributed by atoms with Gasteiger partial charge in [-0.2, -0.15) is 0 Å². The van der Waals surface area contributed by atoms with Gasteiger partial charge in [0.2, 0.25) is 0 Å². The number of hydrogen-bond acceptors (Lipinski definition) is 4. The zero-order chi connectivity index (χ0) is 11.8. The maximum atomic E-state index is 10.7. The summed E-state index contributed by atoms with van der Waals surface area (Å²) >= 11 is 1.61. The number of hydrogen-bond donors (Lipinski definition) is 1. The lowest BCUT2D eigenvalue weighted by Gasteiger charge is -1.90. The van der Waals surface area contributed by atoms with Crippen molar-refractivity contribution in [3.8, 4) is 11.5 Å². The van der Waals surface area contributed by atoms with Crippen LogP contribution in [0, 0.1) is 5.92 Å². The zero-order valence-corrected chi connectivity index (χ0v) is 9.87. The molecule has 1 aliphatic carbocycles. The summed E-state index contributed by atoms with van der Waals surface area (Å²) in [5.41, 5.74) is 0.898. The summed E-state index contributed by atoms with van der Waals surface area (Å²) < 4.78 is 5.21. The second-order valence-electron chi connectivity index (χ2n) is 4.28. The molecular formula is C12H11NO3S. The SMILES string of the molecule is O=C(O)c1coc(-c2csc(CC3CC3)n2)c1. The Morgan fingerprint density at radius 1 is 1.59 bits per heavy atom. The van der Waals surface area contributed by atoms with Crippen molar-refractivity contribution in [2.24, 2.45) is 5.92 Å². The Bertz CT molecular complexity index is 554. The lowest BCUT2D eigenvalue weighted by Crippen LogP contribution is -1.91. The molecule has 4 nitrogen and oxygen atoms in total. The van der Waals surface area contributed by atoms with Crippen molar-refractivity contribution in [3.05, 3.63) is 28.3 Å². The number of carbonyl (C=O) groups is 1. The van der Waals surface area contributed by atoms with Crippen LogP contribution in [0.1, 0.15) is 28.2 Å². The second kappa shape index (κ2) is 4.00. The van der Waals surface area contributed by atoms with Crippen LogP contribution in [0.5, 0.6) is 0 Å². The van der Waals surface area contributed by atoms with Crippen LogP contribution < -0.4 is 0 Å². The lowest BCUT2D eigenvalue weighted by atomic mass is 10.3.